The highest BCUT2D eigenvalue weighted by atomic mass is 19.1. The van der Waals surface area contributed by atoms with Crippen molar-refractivity contribution in [3.8, 4) is 5.75 Å². The standard InChI is InChI=1S/C29H28F2N2O5/c1-2-32-17-29(13-21(14-29)38-16-18-6-4-3-5-7-18)33-15-22(26(35)27(36)25(33)28(32)37)24(34)11-9-19-8-10-20(30)12-23(19)31/h3-8,10,12,15,21,36H,2,9,11,13-14,16-17H2,1H3. The first-order valence-corrected chi connectivity index (χ1v) is 12.6. The number of hydrogen-bond acceptors (Lipinski definition) is 5. The SMILES string of the molecule is CCN1CC2(CC(OCc3ccccc3)C2)n2cc(C(=O)CCc3ccc(F)cc3F)c(=O)c(O)c2C1=O. The maximum absolute atomic E-state index is 14.0. The van der Waals surface area contributed by atoms with E-state index in [1.165, 1.54) is 12.3 Å². The van der Waals surface area contributed by atoms with E-state index < -0.39 is 40.0 Å². The Morgan fingerprint density at radius 1 is 1.13 bits per heavy atom. The molecule has 0 unspecified atom stereocenters. The number of likely N-dealkylation sites (N-methyl/N-ethyl adjacent to an activating group) is 1. The van der Waals surface area contributed by atoms with Crippen LogP contribution in [0, 0.1) is 11.6 Å². The number of carbonyl (C=O) groups is 2. The number of Topliss-reactive ketones (excluding diaryl/α,β-unsaturated/α-hetero) is 1. The molecule has 1 aliphatic heterocycles. The van der Waals surface area contributed by atoms with Gasteiger partial charge in [0.2, 0.25) is 5.43 Å². The molecule has 0 radical (unpaired) electrons. The van der Waals surface area contributed by atoms with Crippen LogP contribution in [-0.2, 0) is 23.3 Å². The summed E-state index contributed by atoms with van der Waals surface area (Å²) in [7, 11) is 0. The van der Waals surface area contributed by atoms with Crippen molar-refractivity contribution < 1.29 is 28.2 Å². The number of aromatic nitrogens is 1. The molecule has 7 nitrogen and oxygen atoms in total. The number of hydrogen-bond donors (Lipinski definition) is 1. The fourth-order valence-corrected chi connectivity index (χ4v) is 5.41. The Kier molecular flexibility index (Phi) is 6.88. The summed E-state index contributed by atoms with van der Waals surface area (Å²) >= 11 is 0. The first kappa shape index (κ1) is 25.8. The predicted octanol–water partition coefficient (Wildman–Crippen LogP) is 4.20. The van der Waals surface area contributed by atoms with Crippen LogP contribution in [0.1, 0.15) is 58.2 Å². The zero-order valence-corrected chi connectivity index (χ0v) is 21.0. The van der Waals surface area contributed by atoms with Crippen molar-refractivity contribution in [1.82, 2.24) is 9.47 Å². The summed E-state index contributed by atoms with van der Waals surface area (Å²) in [5, 5.41) is 10.8. The second kappa shape index (κ2) is 10.1. The molecule has 198 valence electrons. The van der Waals surface area contributed by atoms with E-state index in [4.69, 9.17) is 4.74 Å². The van der Waals surface area contributed by atoms with E-state index in [1.54, 1.807) is 9.47 Å². The van der Waals surface area contributed by atoms with Crippen LogP contribution < -0.4 is 5.43 Å². The van der Waals surface area contributed by atoms with Gasteiger partial charge in [-0.15, -0.1) is 0 Å². The van der Waals surface area contributed by atoms with Gasteiger partial charge in [0.1, 0.15) is 11.6 Å². The summed E-state index contributed by atoms with van der Waals surface area (Å²) in [5.74, 6) is -3.34. The van der Waals surface area contributed by atoms with Gasteiger partial charge in [-0.25, -0.2) is 8.78 Å². The molecule has 3 aromatic rings. The van der Waals surface area contributed by atoms with E-state index in [1.807, 2.05) is 37.3 Å². The number of aryl methyl sites for hydroxylation is 1. The van der Waals surface area contributed by atoms with Gasteiger partial charge < -0.3 is 19.3 Å². The minimum atomic E-state index is -0.932. The third kappa shape index (κ3) is 4.62. The molecule has 1 spiro atoms. The Morgan fingerprint density at radius 2 is 1.87 bits per heavy atom. The number of nitrogens with zero attached hydrogens (tertiary/aromatic N) is 2. The molecule has 1 N–H and O–H groups in total. The van der Waals surface area contributed by atoms with Crippen molar-refractivity contribution in [3.63, 3.8) is 0 Å². The van der Waals surface area contributed by atoms with Crippen LogP contribution in [0.2, 0.25) is 0 Å². The van der Waals surface area contributed by atoms with Gasteiger partial charge in [-0.2, -0.15) is 0 Å². The van der Waals surface area contributed by atoms with E-state index in [-0.39, 0.29) is 35.8 Å². The Labute approximate surface area is 218 Å². The predicted molar refractivity (Wildman–Crippen MR) is 135 cm³/mol. The van der Waals surface area contributed by atoms with Crippen LogP contribution in [-0.4, -0.2) is 45.5 Å². The monoisotopic (exact) mass is 522 g/mol. The Hall–Kier alpha value is -3.85. The first-order valence-electron chi connectivity index (χ1n) is 12.6. The number of rotatable bonds is 8. The molecule has 1 fully saturated rings. The second-order valence-electron chi connectivity index (χ2n) is 9.97. The van der Waals surface area contributed by atoms with Crippen LogP contribution in [0.4, 0.5) is 8.78 Å². The van der Waals surface area contributed by atoms with Crippen molar-refractivity contribution in [1.29, 1.82) is 0 Å². The van der Waals surface area contributed by atoms with Crippen molar-refractivity contribution in [2.45, 2.75) is 50.9 Å². The van der Waals surface area contributed by atoms with Crippen molar-refractivity contribution in [2.24, 2.45) is 0 Å². The minimum Gasteiger partial charge on any atom is -0.503 e. The summed E-state index contributed by atoms with van der Waals surface area (Å²) < 4.78 is 34.9. The van der Waals surface area contributed by atoms with Gasteiger partial charge in [0.05, 0.1) is 23.8 Å². The Bertz CT molecular complexity index is 1450. The van der Waals surface area contributed by atoms with Gasteiger partial charge in [-0.1, -0.05) is 36.4 Å². The topological polar surface area (TPSA) is 88.8 Å². The van der Waals surface area contributed by atoms with Crippen molar-refractivity contribution in [2.75, 3.05) is 13.1 Å². The van der Waals surface area contributed by atoms with E-state index >= 15 is 0 Å². The molecule has 38 heavy (non-hydrogen) atoms. The molecular formula is C29H28F2N2O5. The number of pyridine rings is 1. The smallest absolute Gasteiger partial charge is 0.274 e. The largest absolute Gasteiger partial charge is 0.503 e. The molecule has 0 saturated heterocycles. The zero-order chi connectivity index (χ0) is 27.0. The van der Waals surface area contributed by atoms with Gasteiger partial charge in [0, 0.05) is 31.8 Å². The number of fused-ring (bicyclic) bond motifs is 2. The maximum Gasteiger partial charge on any atom is 0.274 e. The molecule has 2 aliphatic rings. The average Bonchev–Trinajstić information content (AvgIpc) is 2.88. The maximum atomic E-state index is 14.0. The van der Waals surface area contributed by atoms with E-state index in [0.29, 0.717) is 32.5 Å². The normalized spacial score (nSPS) is 20.3. The van der Waals surface area contributed by atoms with Crippen LogP contribution in [0.3, 0.4) is 0 Å². The highest BCUT2D eigenvalue weighted by Crippen LogP contribution is 2.46. The Morgan fingerprint density at radius 3 is 2.55 bits per heavy atom. The van der Waals surface area contributed by atoms with Gasteiger partial charge in [0.15, 0.2) is 17.2 Å². The zero-order valence-electron chi connectivity index (χ0n) is 21.0. The van der Waals surface area contributed by atoms with Crippen molar-refractivity contribution in [3.05, 3.63) is 99.0 Å². The molecule has 1 saturated carbocycles. The van der Waals surface area contributed by atoms with Gasteiger partial charge >= 0.3 is 0 Å². The number of ether oxygens (including phenoxy) is 1. The lowest BCUT2D eigenvalue weighted by Crippen LogP contribution is -2.62. The van der Waals surface area contributed by atoms with Crippen LogP contribution in [0.5, 0.6) is 5.75 Å². The average molecular weight is 523 g/mol. The molecule has 9 heteroatoms. The summed E-state index contributed by atoms with van der Waals surface area (Å²) in [4.78, 5) is 40.7. The molecule has 2 heterocycles. The van der Waals surface area contributed by atoms with E-state index in [9.17, 15) is 28.3 Å². The Balaban J connectivity index is 1.41. The number of carbonyl (C=O) groups excluding carboxylic acids is 2. The molecule has 0 atom stereocenters. The lowest BCUT2D eigenvalue weighted by Gasteiger charge is -2.54. The van der Waals surface area contributed by atoms with E-state index in [0.717, 1.165) is 17.7 Å². The third-order valence-electron chi connectivity index (χ3n) is 7.53. The number of amides is 1. The second-order valence-corrected chi connectivity index (χ2v) is 9.97. The summed E-state index contributed by atoms with van der Waals surface area (Å²) in [6.07, 6.45) is 2.06. The molecular weight excluding hydrogens is 494 g/mol. The first-order chi connectivity index (χ1) is 18.2. The van der Waals surface area contributed by atoms with Gasteiger partial charge in [0.25, 0.3) is 5.91 Å². The summed E-state index contributed by atoms with van der Waals surface area (Å²) in [5.41, 5.74) is -0.785. The molecule has 1 aromatic heterocycles. The minimum absolute atomic E-state index is 0.0456. The number of benzene rings is 2. The lowest BCUT2D eigenvalue weighted by molar-refractivity contribution is -0.0944. The van der Waals surface area contributed by atoms with E-state index in [2.05, 4.69) is 0 Å². The quantitative estimate of drug-likeness (QED) is 0.448. The molecule has 2 aromatic carbocycles. The molecule has 1 amide bonds. The fourth-order valence-electron chi connectivity index (χ4n) is 5.41. The van der Waals surface area contributed by atoms with Crippen LogP contribution >= 0.6 is 0 Å². The summed E-state index contributed by atoms with van der Waals surface area (Å²) in [6.45, 7) is 3.01. The lowest BCUT2D eigenvalue weighted by atomic mass is 9.71. The van der Waals surface area contributed by atoms with Crippen LogP contribution in [0.15, 0.2) is 59.5 Å². The number of ketones is 1. The van der Waals surface area contributed by atoms with Gasteiger partial charge in [-0.3, -0.25) is 14.4 Å². The van der Waals surface area contributed by atoms with Crippen LogP contribution in [0.25, 0.3) is 0 Å². The number of aromatic hydroxyl groups is 1. The summed E-state index contributed by atoms with van der Waals surface area (Å²) in [6, 6.07) is 12.8. The highest BCUT2D eigenvalue weighted by Gasteiger charge is 2.52. The third-order valence-corrected chi connectivity index (χ3v) is 7.53. The highest BCUT2D eigenvalue weighted by molar-refractivity contribution is 6.00. The van der Waals surface area contributed by atoms with Gasteiger partial charge in [-0.05, 0) is 43.4 Å². The molecule has 5 rings (SSSR count). The fraction of sp³-hybridized carbons (Fsp3) is 0.345. The number of halogens is 2. The van der Waals surface area contributed by atoms with Crippen molar-refractivity contribution >= 4 is 11.7 Å². The molecule has 0 bridgehead atoms. The molecule has 1 aliphatic carbocycles.